The molecule has 0 fully saturated rings. The molecule has 0 bridgehead atoms. The number of nitrogens with zero attached hydrogens (tertiary/aromatic N) is 1. The summed E-state index contributed by atoms with van der Waals surface area (Å²) in [5.74, 6) is 0. The van der Waals surface area contributed by atoms with Crippen LogP contribution < -0.4 is 4.90 Å². The lowest BCUT2D eigenvalue weighted by atomic mass is 9.70. The van der Waals surface area contributed by atoms with Gasteiger partial charge < -0.3 is 4.90 Å². The zero-order chi connectivity index (χ0) is 37.7. The van der Waals surface area contributed by atoms with Crippen molar-refractivity contribution in [2.45, 2.75) is 0 Å². The molecule has 57 heavy (non-hydrogen) atoms. The van der Waals surface area contributed by atoms with E-state index in [1.54, 1.807) is 0 Å². The molecule has 11 rings (SSSR count). The summed E-state index contributed by atoms with van der Waals surface area (Å²) in [5, 5.41) is 4.99. The molecule has 0 N–H and O–H groups in total. The van der Waals surface area contributed by atoms with Crippen molar-refractivity contribution in [2.75, 3.05) is 4.90 Å². The summed E-state index contributed by atoms with van der Waals surface area (Å²) < 4.78 is 0. The summed E-state index contributed by atoms with van der Waals surface area (Å²) in [7, 11) is 0. The van der Waals surface area contributed by atoms with Crippen LogP contribution in [0.25, 0.3) is 88.3 Å². The van der Waals surface area contributed by atoms with E-state index in [1.807, 2.05) is 0 Å². The highest BCUT2D eigenvalue weighted by Gasteiger charge is 2.33. The number of rotatable bonds is 7. The second-order valence-electron chi connectivity index (χ2n) is 14.8. The van der Waals surface area contributed by atoms with Crippen molar-refractivity contribution < 1.29 is 0 Å². The summed E-state index contributed by atoms with van der Waals surface area (Å²) in [6, 6.07) is 81.7. The number of hydrogen-bond donors (Lipinski definition) is 0. The Kier molecular flexibility index (Phi) is 7.89. The summed E-state index contributed by atoms with van der Waals surface area (Å²) in [4.78, 5) is 2.46. The Bertz CT molecular complexity index is 3080. The lowest BCUT2D eigenvalue weighted by Gasteiger charge is -2.34. The van der Waals surface area contributed by atoms with E-state index >= 15 is 0 Å². The number of anilines is 3. The van der Waals surface area contributed by atoms with Crippen LogP contribution in [0.2, 0.25) is 0 Å². The average Bonchev–Trinajstić information content (AvgIpc) is 3.29. The molecule has 266 valence electrons. The zero-order valence-corrected chi connectivity index (χ0v) is 31.3. The maximum atomic E-state index is 2.47. The van der Waals surface area contributed by atoms with Crippen LogP contribution in [0, 0.1) is 0 Å². The van der Waals surface area contributed by atoms with Crippen molar-refractivity contribution in [3.8, 4) is 66.8 Å². The number of fused-ring (bicyclic) bond motifs is 6. The monoisotopic (exact) mass is 723 g/mol. The fraction of sp³-hybridized carbons (Fsp3) is 0. The molecular formula is C56H37N. The molecule has 1 heteroatoms. The van der Waals surface area contributed by atoms with Gasteiger partial charge in [0, 0.05) is 16.6 Å². The van der Waals surface area contributed by atoms with Gasteiger partial charge >= 0.3 is 0 Å². The summed E-state index contributed by atoms with van der Waals surface area (Å²) in [5.41, 5.74) is 18.5. The first-order valence-electron chi connectivity index (χ1n) is 19.7. The first-order valence-corrected chi connectivity index (χ1v) is 19.7. The fourth-order valence-electron chi connectivity index (χ4n) is 9.01. The van der Waals surface area contributed by atoms with Crippen molar-refractivity contribution in [3.05, 3.63) is 224 Å². The molecule has 1 nitrogen and oxygen atoms in total. The van der Waals surface area contributed by atoms with E-state index in [-0.39, 0.29) is 0 Å². The average molecular weight is 724 g/mol. The Labute approximate surface area is 333 Å². The predicted octanol–water partition coefficient (Wildman–Crippen LogP) is 15.8. The second kappa shape index (κ2) is 13.7. The van der Waals surface area contributed by atoms with E-state index < -0.39 is 0 Å². The van der Waals surface area contributed by atoms with Crippen LogP contribution in [-0.4, -0.2) is 0 Å². The van der Waals surface area contributed by atoms with E-state index in [0.717, 1.165) is 17.1 Å². The highest BCUT2D eigenvalue weighted by Crippen LogP contribution is 2.60. The van der Waals surface area contributed by atoms with Crippen LogP contribution in [0.5, 0.6) is 0 Å². The second-order valence-corrected chi connectivity index (χ2v) is 14.8. The highest BCUT2D eigenvalue weighted by molar-refractivity contribution is 6.26. The Balaban J connectivity index is 1.17. The minimum atomic E-state index is 1.11. The minimum Gasteiger partial charge on any atom is -0.309 e. The third-order valence-electron chi connectivity index (χ3n) is 11.6. The quantitative estimate of drug-likeness (QED) is 0.158. The summed E-state index contributed by atoms with van der Waals surface area (Å²) >= 11 is 0. The number of benzene rings is 10. The Hall–Kier alpha value is -7.48. The maximum absolute atomic E-state index is 2.47. The van der Waals surface area contributed by atoms with Crippen LogP contribution in [0.15, 0.2) is 224 Å². The van der Waals surface area contributed by atoms with Gasteiger partial charge in [-0.3, -0.25) is 0 Å². The number of hydrogen-bond acceptors (Lipinski definition) is 1. The molecule has 10 aromatic carbocycles. The molecule has 0 amide bonds. The van der Waals surface area contributed by atoms with Gasteiger partial charge in [-0.15, -0.1) is 0 Å². The van der Waals surface area contributed by atoms with Crippen molar-refractivity contribution in [2.24, 2.45) is 0 Å². The number of para-hydroxylation sites is 1. The summed E-state index contributed by atoms with van der Waals surface area (Å²) in [6.07, 6.45) is 0. The van der Waals surface area contributed by atoms with Gasteiger partial charge in [-0.2, -0.15) is 0 Å². The molecule has 1 aliphatic rings. The van der Waals surface area contributed by atoms with E-state index in [4.69, 9.17) is 0 Å². The molecular weight excluding hydrogens is 687 g/mol. The largest absolute Gasteiger partial charge is 0.309 e. The molecule has 0 heterocycles. The third-order valence-corrected chi connectivity index (χ3v) is 11.6. The van der Waals surface area contributed by atoms with Crippen LogP contribution in [0.3, 0.4) is 0 Å². The van der Waals surface area contributed by atoms with E-state index in [9.17, 15) is 0 Å². The molecule has 0 spiro atoms. The van der Waals surface area contributed by atoms with Crippen molar-refractivity contribution >= 4 is 38.6 Å². The standard InChI is InChI=1S/C56H37N/c1-5-18-38(19-6-1)39-32-34-44(35-33-39)57(51-30-16-15-27-45(51)40-20-7-2-8-21-40)52-31-17-26-43-36-49-50(37-48(43)52)56-54(42-24-11-4-12-25-42)47-29-14-13-28-46(47)53(55(49)56)41-22-9-3-10-23-41/h1-37H. The van der Waals surface area contributed by atoms with Gasteiger partial charge in [0.15, 0.2) is 0 Å². The Morgan fingerprint density at radius 2 is 0.702 bits per heavy atom. The third kappa shape index (κ3) is 5.47. The van der Waals surface area contributed by atoms with Crippen molar-refractivity contribution in [1.29, 1.82) is 0 Å². The van der Waals surface area contributed by atoms with E-state index in [1.165, 1.54) is 88.3 Å². The zero-order valence-electron chi connectivity index (χ0n) is 31.3. The predicted molar refractivity (Wildman–Crippen MR) is 242 cm³/mol. The fourth-order valence-corrected chi connectivity index (χ4v) is 9.01. The molecule has 0 aromatic heterocycles. The highest BCUT2D eigenvalue weighted by atomic mass is 15.1. The van der Waals surface area contributed by atoms with Crippen molar-refractivity contribution in [1.82, 2.24) is 0 Å². The smallest absolute Gasteiger partial charge is 0.0540 e. The van der Waals surface area contributed by atoms with Crippen LogP contribution in [0.4, 0.5) is 17.1 Å². The van der Waals surface area contributed by atoms with Gasteiger partial charge in [0.2, 0.25) is 0 Å². The molecule has 0 aliphatic heterocycles. The maximum Gasteiger partial charge on any atom is 0.0540 e. The normalized spacial score (nSPS) is 11.5. The topological polar surface area (TPSA) is 3.24 Å². The first kappa shape index (κ1) is 32.9. The van der Waals surface area contributed by atoms with Gasteiger partial charge in [-0.05, 0) is 114 Å². The molecule has 0 saturated heterocycles. The van der Waals surface area contributed by atoms with Crippen LogP contribution in [-0.2, 0) is 0 Å². The molecule has 0 radical (unpaired) electrons. The van der Waals surface area contributed by atoms with E-state index in [2.05, 4.69) is 229 Å². The van der Waals surface area contributed by atoms with Crippen molar-refractivity contribution in [3.63, 3.8) is 0 Å². The lowest BCUT2D eigenvalue weighted by Crippen LogP contribution is -2.12. The molecule has 0 saturated carbocycles. The first-order chi connectivity index (χ1) is 28.3. The van der Waals surface area contributed by atoms with Crippen LogP contribution in [0.1, 0.15) is 0 Å². The van der Waals surface area contributed by atoms with Gasteiger partial charge in [0.05, 0.1) is 11.4 Å². The van der Waals surface area contributed by atoms with E-state index in [0.29, 0.717) is 0 Å². The molecule has 0 atom stereocenters. The van der Waals surface area contributed by atoms with Gasteiger partial charge in [0.25, 0.3) is 0 Å². The SMILES string of the molecule is c1ccc(-c2ccc(N(c3ccccc3-c3ccccc3)c3cccc4cc5c(cc34)-c3c-5c(-c4ccccc4)c4ccccc4c3-c3ccccc3)cc2)cc1. The minimum absolute atomic E-state index is 1.11. The molecule has 0 unspecified atom stereocenters. The van der Waals surface area contributed by atoms with Gasteiger partial charge in [-0.25, -0.2) is 0 Å². The lowest BCUT2D eigenvalue weighted by molar-refractivity contribution is 1.30. The Morgan fingerprint density at radius 1 is 0.246 bits per heavy atom. The van der Waals surface area contributed by atoms with Gasteiger partial charge in [0.1, 0.15) is 0 Å². The van der Waals surface area contributed by atoms with Crippen LogP contribution >= 0.6 is 0 Å². The Morgan fingerprint density at radius 3 is 1.30 bits per heavy atom. The summed E-state index contributed by atoms with van der Waals surface area (Å²) in [6.45, 7) is 0. The molecule has 10 aromatic rings. The van der Waals surface area contributed by atoms with Gasteiger partial charge in [-0.1, -0.05) is 188 Å². The molecule has 1 aliphatic carbocycles.